The van der Waals surface area contributed by atoms with Gasteiger partial charge in [-0.1, -0.05) is 193 Å². The molecule has 2 N–H and O–H groups in total. The van der Waals surface area contributed by atoms with Crippen molar-refractivity contribution in [3.63, 3.8) is 0 Å². The molecule has 9 heteroatoms. The second-order valence-corrected chi connectivity index (χ2v) is 16.6. The van der Waals surface area contributed by atoms with E-state index in [0.717, 1.165) is 38.5 Å². The van der Waals surface area contributed by atoms with E-state index in [9.17, 15) is 19.0 Å². The number of hydrogen-bond donors (Lipinski definition) is 2. The van der Waals surface area contributed by atoms with Crippen LogP contribution in [0.25, 0.3) is 0 Å². The highest BCUT2D eigenvalue weighted by Crippen LogP contribution is 2.43. The first-order chi connectivity index (χ1) is 25.8. The summed E-state index contributed by atoms with van der Waals surface area (Å²) in [5.41, 5.74) is 0.417. The molecule has 1 aromatic rings. The lowest BCUT2D eigenvalue weighted by molar-refractivity contribution is -0.123. The van der Waals surface area contributed by atoms with E-state index < -0.39 is 25.9 Å². The zero-order valence-electron chi connectivity index (χ0n) is 34.3. The predicted octanol–water partition coefficient (Wildman–Crippen LogP) is 13.2. The van der Waals surface area contributed by atoms with Crippen LogP contribution < -0.4 is 5.32 Å². The molecule has 1 amide bonds. The zero-order chi connectivity index (χ0) is 38.7. The summed E-state index contributed by atoms with van der Waals surface area (Å²) >= 11 is 0. The van der Waals surface area contributed by atoms with Gasteiger partial charge >= 0.3 is 13.8 Å². The van der Waals surface area contributed by atoms with Crippen molar-refractivity contribution < 1.29 is 32.8 Å². The molecule has 308 valence electrons. The Hall–Kier alpha value is -1.73. The molecular formula is C44H80NO7P. The maximum atomic E-state index is 13.2. The van der Waals surface area contributed by atoms with Crippen LogP contribution in [0, 0.1) is 0 Å². The molecule has 1 rings (SSSR count). The lowest BCUT2D eigenvalue weighted by Gasteiger charge is -2.28. The van der Waals surface area contributed by atoms with E-state index in [1.807, 2.05) is 13.0 Å². The molecule has 0 aliphatic heterocycles. The normalized spacial score (nSPS) is 13.7. The van der Waals surface area contributed by atoms with Crippen LogP contribution in [0.1, 0.15) is 217 Å². The summed E-state index contributed by atoms with van der Waals surface area (Å²) in [7, 11) is -4.34. The van der Waals surface area contributed by atoms with Gasteiger partial charge < -0.3 is 14.9 Å². The highest BCUT2D eigenvalue weighted by molar-refractivity contribution is 7.47. The lowest BCUT2D eigenvalue weighted by Crippen LogP contribution is -2.48. The van der Waals surface area contributed by atoms with E-state index in [-0.39, 0.29) is 19.1 Å². The lowest BCUT2D eigenvalue weighted by atomic mass is 10.0. The molecule has 0 heterocycles. The Morgan fingerprint density at radius 2 is 1.04 bits per heavy atom. The summed E-state index contributed by atoms with van der Waals surface area (Å²) in [4.78, 5) is 36.8. The van der Waals surface area contributed by atoms with Gasteiger partial charge in [0.1, 0.15) is 6.10 Å². The van der Waals surface area contributed by atoms with Crippen molar-refractivity contribution >= 4 is 19.7 Å². The van der Waals surface area contributed by atoms with Gasteiger partial charge in [-0.3, -0.25) is 13.8 Å². The van der Waals surface area contributed by atoms with E-state index in [2.05, 4.69) is 19.2 Å². The van der Waals surface area contributed by atoms with Crippen molar-refractivity contribution in [2.24, 2.45) is 0 Å². The third-order valence-electron chi connectivity index (χ3n) is 10.0. The number of phosphoric acid groups is 1. The first kappa shape index (κ1) is 49.3. The fourth-order valence-electron chi connectivity index (χ4n) is 6.73. The van der Waals surface area contributed by atoms with E-state index in [0.29, 0.717) is 24.8 Å². The average Bonchev–Trinajstić information content (AvgIpc) is 3.16. The summed E-state index contributed by atoms with van der Waals surface area (Å²) in [5.74, 6) is -0.662. The predicted molar refractivity (Wildman–Crippen MR) is 220 cm³/mol. The number of amides is 1. The van der Waals surface area contributed by atoms with Crippen molar-refractivity contribution in [3.05, 3.63) is 35.9 Å². The molecule has 8 nitrogen and oxygen atoms in total. The number of nitrogens with one attached hydrogen (secondary N) is 1. The molecule has 0 saturated carbocycles. The third-order valence-corrected chi connectivity index (χ3v) is 11.0. The van der Waals surface area contributed by atoms with Crippen molar-refractivity contribution in [1.29, 1.82) is 0 Å². The fourth-order valence-corrected chi connectivity index (χ4v) is 7.56. The van der Waals surface area contributed by atoms with Gasteiger partial charge in [0.15, 0.2) is 0 Å². The minimum atomic E-state index is -4.34. The molecule has 0 aliphatic carbocycles. The van der Waals surface area contributed by atoms with Crippen molar-refractivity contribution in [3.8, 4) is 0 Å². The number of unbranched alkanes of at least 4 members (excludes halogenated alkanes) is 24. The van der Waals surface area contributed by atoms with Gasteiger partial charge in [-0.05, 0) is 37.8 Å². The molecule has 53 heavy (non-hydrogen) atoms. The molecular weight excluding hydrogens is 685 g/mol. The maximum absolute atomic E-state index is 13.2. The summed E-state index contributed by atoms with van der Waals surface area (Å²) in [6.07, 6.45) is 32.6. The van der Waals surface area contributed by atoms with Gasteiger partial charge in [-0.15, -0.1) is 0 Å². The molecule has 0 fully saturated rings. The highest BCUT2D eigenvalue weighted by Gasteiger charge is 2.31. The summed E-state index contributed by atoms with van der Waals surface area (Å²) in [5, 5.41) is 3.01. The molecule has 0 bridgehead atoms. The molecule has 0 aromatic heterocycles. The Balaban J connectivity index is 2.67. The standard InChI is InChI=1S/C44H80NO7P/c1-4-7-9-11-13-15-17-19-21-23-25-27-32-36-42(52-44(47)40-34-30-29-31-35-40)41(39-51-53(48,49)50-38-6-3)45-43(46)37-33-28-26-24-22-20-18-16-14-12-10-8-5-2/h29-31,34-35,41-42H,4-28,32-33,36-39H2,1-3H3,(H,45,46)(H,48,49)/t41-,42+/m0/s1. The van der Waals surface area contributed by atoms with Crippen LogP contribution in [0.4, 0.5) is 0 Å². The molecule has 1 aromatic carbocycles. The number of hydrogen-bond acceptors (Lipinski definition) is 6. The second-order valence-electron chi connectivity index (χ2n) is 15.1. The Morgan fingerprint density at radius 3 is 1.49 bits per heavy atom. The van der Waals surface area contributed by atoms with E-state index in [1.165, 1.54) is 128 Å². The smallest absolute Gasteiger partial charge is 0.456 e. The summed E-state index contributed by atoms with van der Waals surface area (Å²) in [6.45, 7) is 6.13. The first-order valence-corrected chi connectivity index (χ1v) is 23.5. The minimum Gasteiger partial charge on any atom is -0.456 e. The van der Waals surface area contributed by atoms with Crippen LogP contribution in [0.15, 0.2) is 30.3 Å². The number of rotatable bonds is 38. The van der Waals surface area contributed by atoms with Crippen LogP contribution >= 0.6 is 7.82 Å². The van der Waals surface area contributed by atoms with Gasteiger partial charge in [-0.25, -0.2) is 9.36 Å². The average molecular weight is 766 g/mol. The van der Waals surface area contributed by atoms with E-state index in [1.54, 1.807) is 24.3 Å². The number of phosphoric ester groups is 1. The quantitative estimate of drug-likeness (QED) is 0.0392. The molecule has 1 unspecified atom stereocenters. The van der Waals surface area contributed by atoms with Crippen LogP contribution in [0.5, 0.6) is 0 Å². The number of esters is 1. The SMILES string of the molecule is CCCCCCCCCCCCCCCC(=O)N[C@@H](COP(=O)(O)OCCC)[C@@H](CCCCCCCCCCCCCCC)OC(=O)c1ccccc1. The van der Waals surface area contributed by atoms with Crippen molar-refractivity contribution in [2.45, 2.75) is 219 Å². The van der Waals surface area contributed by atoms with Gasteiger partial charge in [0.05, 0.1) is 24.8 Å². The minimum absolute atomic E-state index is 0.0786. The Morgan fingerprint density at radius 1 is 0.604 bits per heavy atom. The zero-order valence-corrected chi connectivity index (χ0v) is 35.2. The molecule has 3 atom stereocenters. The molecule has 0 saturated heterocycles. The van der Waals surface area contributed by atoms with Gasteiger partial charge in [0.2, 0.25) is 5.91 Å². The van der Waals surface area contributed by atoms with Crippen LogP contribution in [0.2, 0.25) is 0 Å². The molecule has 0 aliphatic rings. The van der Waals surface area contributed by atoms with Gasteiger partial charge in [-0.2, -0.15) is 0 Å². The fraction of sp³-hybridized carbons (Fsp3) is 0.818. The second kappa shape index (κ2) is 34.7. The van der Waals surface area contributed by atoms with Crippen molar-refractivity contribution in [1.82, 2.24) is 5.32 Å². The van der Waals surface area contributed by atoms with Crippen LogP contribution in [0.3, 0.4) is 0 Å². The molecule has 0 radical (unpaired) electrons. The number of carbonyl (C=O) groups excluding carboxylic acids is 2. The number of carbonyl (C=O) groups is 2. The molecule has 0 spiro atoms. The van der Waals surface area contributed by atoms with E-state index in [4.69, 9.17) is 13.8 Å². The largest absolute Gasteiger partial charge is 0.472 e. The number of ether oxygens (including phenoxy) is 1. The summed E-state index contributed by atoms with van der Waals surface area (Å²) in [6, 6.07) is 8.00. The topological polar surface area (TPSA) is 111 Å². The maximum Gasteiger partial charge on any atom is 0.472 e. The highest BCUT2D eigenvalue weighted by atomic mass is 31.2. The van der Waals surface area contributed by atoms with Crippen LogP contribution in [-0.2, 0) is 23.1 Å². The monoisotopic (exact) mass is 766 g/mol. The first-order valence-electron chi connectivity index (χ1n) is 22.0. The Kier molecular flexibility index (Phi) is 32.3. The third kappa shape index (κ3) is 29.3. The van der Waals surface area contributed by atoms with Gasteiger partial charge in [0, 0.05) is 6.42 Å². The van der Waals surface area contributed by atoms with Crippen molar-refractivity contribution in [2.75, 3.05) is 13.2 Å². The van der Waals surface area contributed by atoms with E-state index >= 15 is 0 Å². The summed E-state index contributed by atoms with van der Waals surface area (Å²) < 4.78 is 29.1. The van der Waals surface area contributed by atoms with Gasteiger partial charge in [0.25, 0.3) is 0 Å². The Labute approximate surface area is 325 Å². The number of benzene rings is 1. The van der Waals surface area contributed by atoms with Crippen LogP contribution in [-0.4, -0.2) is 42.1 Å². The Bertz CT molecular complexity index is 1040.